The van der Waals surface area contributed by atoms with Gasteiger partial charge in [0, 0.05) is 17.6 Å². The van der Waals surface area contributed by atoms with Crippen molar-refractivity contribution >= 4 is 16.6 Å². The third-order valence-corrected chi connectivity index (χ3v) is 3.74. The first-order valence-corrected chi connectivity index (χ1v) is 7.46. The van der Waals surface area contributed by atoms with E-state index in [2.05, 4.69) is 16.4 Å². The minimum Gasteiger partial charge on any atom is -0.387 e. The van der Waals surface area contributed by atoms with Crippen LogP contribution in [-0.2, 0) is 0 Å². The zero-order chi connectivity index (χ0) is 16.2. The second-order valence-electron chi connectivity index (χ2n) is 5.49. The Bertz CT molecular complexity index is 883. The molecular formula is C19H17N3O. The third kappa shape index (κ3) is 3.31. The predicted octanol–water partition coefficient (Wildman–Crippen LogP) is 3.56. The third-order valence-electron chi connectivity index (χ3n) is 3.74. The number of rotatable bonds is 4. The van der Waals surface area contributed by atoms with Gasteiger partial charge in [-0.2, -0.15) is 5.26 Å². The van der Waals surface area contributed by atoms with E-state index in [4.69, 9.17) is 5.26 Å². The van der Waals surface area contributed by atoms with E-state index in [-0.39, 0.29) is 0 Å². The summed E-state index contributed by atoms with van der Waals surface area (Å²) in [6.45, 7) is 2.36. The molecule has 0 aliphatic rings. The maximum atomic E-state index is 10.4. The molecular weight excluding hydrogens is 286 g/mol. The highest BCUT2D eigenvalue weighted by Crippen LogP contribution is 2.24. The van der Waals surface area contributed by atoms with Gasteiger partial charge >= 0.3 is 0 Å². The molecule has 3 aromatic rings. The van der Waals surface area contributed by atoms with Crippen molar-refractivity contribution in [3.8, 4) is 6.07 Å². The average Bonchev–Trinajstić information content (AvgIpc) is 2.59. The smallest absolute Gasteiger partial charge is 0.143 e. The normalized spacial score (nSPS) is 11.9. The Balaban J connectivity index is 1.85. The zero-order valence-electron chi connectivity index (χ0n) is 12.8. The molecule has 0 saturated heterocycles. The van der Waals surface area contributed by atoms with Gasteiger partial charge < -0.3 is 10.4 Å². The summed E-state index contributed by atoms with van der Waals surface area (Å²) in [6.07, 6.45) is -0.618. The molecule has 0 aliphatic heterocycles. The van der Waals surface area contributed by atoms with Crippen molar-refractivity contribution in [3.05, 3.63) is 71.4 Å². The van der Waals surface area contributed by atoms with E-state index < -0.39 is 6.10 Å². The standard InChI is InChI=1S/C19H17N3O/c1-13-5-4-6-14(9-13)19(23)12-21-18-10-15(11-20)22-17-8-3-2-7-16(17)18/h2-10,19,23H,12H2,1H3,(H,21,22). The highest BCUT2D eigenvalue weighted by molar-refractivity contribution is 5.91. The van der Waals surface area contributed by atoms with Gasteiger partial charge in [-0.15, -0.1) is 0 Å². The summed E-state index contributed by atoms with van der Waals surface area (Å²) in [4.78, 5) is 4.29. The topological polar surface area (TPSA) is 68.9 Å². The molecule has 0 spiro atoms. The molecule has 1 unspecified atom stereocenters. The number of nitrogens with one attached hydrogen (secondary N) is 1. The molecule has 23 heavy (non-hydrogen) atoms. The van der Waals surface area contributed by atoms with Crippen molar-refractivity contribution in [3.63, 3.8) is 0 Å². The van der Waals surface area contributed by atoms with Crippen LogP contribution >= 0.6 is 0 Å². The number of nitriles is 1. The highest BCUT2D eigenvalue weighted by atomic mass is 16.3. The lowest BCUT2D eigenvalue weighted by molar-refractivity contribution is 0.191. The molecule has 4 nitrogen and oxygen atoms in total. The monoisotopic (exact) mass is 303 g/mol. The number of aliphatic hydroxyl groups excluding tert-OH is 1. The van der Waals surface area contributed by atoms with Crippen LogP contribution in [0, 0.1) is 18.3 Å². The molecule has 2 N–H and O–H groups in total. The molecule has 3 rings (SSSR count). The van der Waals surface area contributed by atoms with Crippen molar-refractivity contribution in [2.75, 3.05) is 11.9 Å². The number of hydrogen-bond donors (Lipinski definition) is 2. The lowest BCUT2D eigenvalue weighted by Gasteiger charge is -2.15. The molecule has 0 fully saturated rings. The van der Waals surface area contributed by atoms with E-state index in [1.165, 1.54) is 0 Å². The van der Waals surface area contributed by atoms with Crippen LogP contribution in [0.15, 0.2) is 54.6 Å². The van der Waals surface area contributed by atoms with Crippen LogP contribution < -0.4 is 5.32 Å². The van der Waals surface area contributed by atoms with Crippen LogP contribution in [0.4, 0.5) is 5.69 Å². The minimum atomic E-state index is -0.618. The molecule has 1 aromatic heterocycles. The van der Waals surface area contributed by atoms with Crippen molar-refractivity contribution in [1.29, 1.82) is 5.26 Å². The van der Waals surface area contributed by atoms with Gasteiger partial charge in [-0.25, -0.2) is 4.98 Å². The van der Waals surface area contributed by atoms with Crippen molar-refractivity contribution in [2.45, 2.75) is 13.0 Å². The average molecular weight is 303 g/mol. The second kappa shape index (κ2) is 6.47. The number of fused-ring (bicyclic) bond motifs is 1. The molecule has 114 valence electrons. The number of aryl methyl sites for hydroxylation is 1. The fraction of sp³-hybridized carbons (Fsp3) is 0.158. The second-order valence-corrected chi connectivity index (χ2v) is 5.49. The van der Waals surface area contributed by atoms with Crippen molar-refractivity contribution < 1.29 is 5.11 Å². The van der Waals surface area contributed by atoms with E-state index in [1.54, 1.807) is 6.07 Å². The van der Waals surface area contributed by atoms with Crippen LogP contribution in [0.25, 0.3) is 10.9 Å². The Labute approximate surface area is 135 Å². The van der Waals surface area contributed by atoms with Gasteiger partial charge in [0.05, 0.1) is 11.6 Å². The van der Waals surface area contributed by atoms with Crippen molar-refractivity contribution in [1.82, 2.24) is 4.98 Å². The summed E-state index contributed by atoms with van der Waals surface area (Å²) >= 11 is 0. The molecule has 0 bridgehead atoms. The summed E-state index contributed by atoms with van der Waals surface area (Å²) in [5, 5.41) is 23.7. The highest BCUT2D eigenvalue weighted by Gasteiger charge is 2.10. The number of hydrogen-bond acceptors (Lipinski definition) is 4. The van der Waals surface area contributed by atoms with Gasteiger partial charge in [0.1, 0.15) is 11.8 Å². The number of anilines is 1. The molecule has 0 radical (unpaired) electrons. The minimum absolute atomic E-state index is 0.358. The molecule has 1 atom stereocenters. The predicted molar refractivity (Wildman–Crippen MR) is 91.1 cm³/mol. The number of aliphatic hydroxyl groups is 1. The summed E-state index contributed by atoms with van der Waals surface area (Å²) in [6, 6.07) is 19.2. The fourth-order valence-electron chi connectivity index (χ4n) is 2.58. The number of para-hydroxylation sites is 1. The van der Waals surface area contributed by atoms with Crippen molar-refractivity contribution in [2.24, 2.45) is 0 Å². The van der Waals surface area contributed by atoms with Crippen LogP contribution in [0.2, 0.25) is 0 Å². The Morgan fingerprint density at radius 2 is 2.00 bits per heavy atom. The van der Waals surface area contributed by atoms with Crippen LogP contribution in [0.1, 0.15) is 22.9 Å². The fourth-order valence-corrected chi connectivity index (χ4v) is 2.58. The van der Waals surface area contributed by atoms with Gasteiger partial charge in [-0.1, -0.05) is 48.0 Å². The Morgan fingerprint density at radius 3 is 2.78 bits per heavy atom. The lowest BCUT2D eigenvalue weighted by Crippen LogP contribution is -2.12. The van der Waals surface area contributed by atoms with Crippen LogP contribution in [0.3, 0.4) is 0 Å². The molecule has 1 heterocycles. The summed E-state index contributed by atoms with van der Waals surface area (Å²) in [5.41, 5.74) is 3.91. The van der Waals surface area contributed by atoms with E-state index >= 15 is 0 Å². The van der Waals surface area contributed by atoms with Gasteiger partial charge in [0.2, 0.25) is 0 Å². The van der Waals surface area contributed by atoms with E-state index in [1.807, 2.05) is 55.5 Å². The molecule has 4 heteroatoms. The number of pyridine rings is 1. The van der Waals surface area contributed by atoms with Crippen LogP contribution in [0.5, 0.6) is 0 Å². The number of nitrogens with zero attached hydrogens (tertiary/aromatic N) is 2. The largest absolute Gasteiger partial charge is 0.387 e. The summed E-state index contributed by atoms with van der Waals surface area (Å²) in [5.74, 6) is 0. The maximum absolute atomic E-state index is 10.4. The zero-order valence-corrected chi connectivity index (χ0v) is 12.8. The quantitative estimate of drug-likeness (QED) is 0.773. The Morgan fingerprint density at radius 1 is 1.17 bits per heavy atom. The molecule has 0 aliphatic carbocycles. The van der Waals surface area contributed by atoms with Gasteiger partial charge in [-0.05, 0) is 24.6 Å². The first kappa shape index (κ1) is 15.0. The summed E-state index contributed by atoms with van der Waals surface area (Å²) < 4.78 is 0. The Hall–Kier alpha value is -2.90. The van der Waals surface area contributed by atoms with Gasteiger partial charge in [0.15, 0.2) is 0 Å². The van der Waals surface area contributed by atoms with Crippen LogP contribution in [-0.4, -0.2) is 16.6 Å². The maximum Gasteiger partial charge on any atom is 0.143 e. The Kier molecular flexibility index (Phi) is 4.22. The van der Waals surface area contributed by atoms with E-state index in [9.17, 15) is 5.11 Å². The number of aromatic nitrogens is 1. The van der Waals surface area contributed by atoms with Gasteiger partial charge in [-0.3, -0.25) is 0 Å². The lowest BCUT2D eigenvalue weighted by atomic mass is 10.1. The molecule has 0 amide bonds. The SMILES string of the molecule is Cc1cccc(C(O)CNc2cc(C#N)nc3ccccc23)c1. The summed E-state index contributed by atoms with van der Waals surface area (Å²) in [7, 11) is 0. The first-order valence-electron chi connectivity index (χ1n) is 7.46. The molecule has 0 saturated carbocycles. The van der Waals surface area contributed by atoms with E-state index in [0.29, 0.717) is 12.2 Å². The van der Waals surface area contributed by atoms with E-state index in [0.717, 1.165) is 27.7 Å². The first-order chi connectivity index (χ1) is 11.2. The number of benzene rings is 2. The van der Waals surface area contributed by atoms with Gasteiger partial charge in [0.25, 0.3) is 0 Å². The molecule has 2 aromatic carbocycles.